The Bertz CT molecular complexity index is 503. The highest BCUT2D eigenvalue weighted by molar-refractivity contribution is 5.89. The van der Waals surface area contributed by atoms with Crippen LogP contribution < -0.4 is 0 Å². The first-order valence-corrected chi connectivity index (χ1v) is 8.99. The van der Waals surface area contributed by atoms with Crippen molar-refractivity contribution < 1.29 is 14.6 Å². The van der Waals surface area contributed by atoms with Gasteiger partial charge in [0.05, 0.1) is 17.8 Å². The Morgan fingerprint density at radius 3 is 2.17 bits per heavy atom. The fraction of sp³-hybridized carbons (Fsp3) is 0.667. The third kappa shape index (κ3) is 7.96. The second kappa shape index (κ2) is 8.66. The molecule has 0 aliphatic rings. The first kappa shape index (κ1) is 20.7. The first-order valence-electron chi connectivity index (χ1n) is 8.99. The molecule has 1 atom stereocenters. The minimum atomic E-state index is -0.592. The molecule has 0 heterocycles. The summed E-state index contributed by atoms with van der Waals surface area (Å²) in [6.07, 6.45) is 3.70. The molecule has 1 rings (SSSR count). The van der Waals surface area contributed by atoms with Gasteiger partial charge < -0.3 is 9.84 Å². The average Bonchev–Trinajstić information content (AvgIpc) is 2.45. The summed E-state index contributed by atoms with van der Waals surface area (Å²) in [4.78, 5) is 12.1. The third-order valence-corrected chi connectivity index (χ3v) is 4.32. The summed E-state index contributed by atoms with van der Waals surface area (Å²) in [6.45, 7) is 12.7. The van der Waals surface area contributed by atoms with Crippen LogP contribution in [0, 0.1) is 5.92 Å². The highest BCUT2D eigenvalue weighted by Crippen LogP contribution is 2.22. The largest absolute Gasteiger partial charge is 0.462 e. The molecule has 0 aromatic heterocycles. The van der Waals surface area contributed by atoms with E-state index in [0.717, 1.165) is 25.7 Å². The van der Waals surface area contributed by atoms with Crippen LogP contribution in [0.15, 0.2) is 24.3 Å². The topological polar surface area (TPSA) is 46.5 Å². The van der Waals surface area contributed by atoms with E-state index >= 15 is 0 Å². The van der Waals surface area contributed by atoms with Gasteiger partial charge in [-0.15, -0.1) is 0 Å². The van der Waals surface area contributed by atoms with Crippen molar-refractivity contribution in [2.75, 3.05) is 6.61 Å². The lowest BCUT2D eigenvalue weighted by Gasteiger charge is -2.19. The van der Waals surface area contributed by atoms with Crippen LogP contribution in [0.25, 0.3) is 0 Å². The standard InChI is InChI=1S/C21H34O3/c1-16(8-7-14-21(5,6)23)13-15-24-19(22)17-9-11-18(12-10-17)20(2,3)4/h9-12,16,23H,7-8,13-15H2,1-6H3. The first-order chi connectivity index (χ1) is 11.0. The number of carbonyl (C=O) groups is 1. The summed E-state index contributed by atoms with van der Waals surface area (Å²) in [6, 6.07) is 7.68. The summed E-state index contributed by atoms with van der Waals surface area (Å²) < 4.78 is 5.38. The van der Waals surface area contributed by atoms with Crippen LogP contribution in [0.5, 0.6) is 0 Å². The molecule has 0 fully saturated rings. The van der Waals surface area contributed by atoms with Crippen molar-refractivity contribution in [3.8, 4) is 0 Å². The molecule has 0 amide bonds. The number of carbonyl (C=O) groups excluding carboxylic acids is 1. The van der Waals surface area contributed by atoms with E-state index in [1.54, 1.807) is 0 Å². The zero-order chi connectivity index (χ0) is 18.4. The molecule has 3 heteroatoms. The number of benzene rings is 1. The fourth-order valence-corrected chi connectivity index (χ4v) is 2.57. The molecule has 24 heavy (non-hydrogen) atoms. The minimum absolute atomic E-state index is 0.0843. The second-order valence-corrected chi connectivity index (χ2v) is 8.56. The average molecular weight is 335 g/mol. The SMILES string of the molecule is CC(CCCC(C)(C)O)CCOC(=O)c1ccc(C(C)(C)C)cc1. The van der Waals surface area contributed by atoms with E-state index in [4.69, 9.17) is 4.74 Å². The third-order valence-electron chi connectivity index (χ3n) is 4.32. The molecule has 0 saturated carbocycles. The van der Waals surface area contributed by atoms with E-state index in [-0.39, 0.29) is 11.4 Å². The monoisotopic (exact) mass is 334 g/mol. The Balaban J connectivity index is 2.33. The van der Waals surface area contributed by atoms with Gasteiger partial charge in [-0.3, -0.25) is 0 Å². The van der Waals surface area contributed by atoms with E-state index in [0.29, 0.717) is 18.1 Å². The predicted octanol–water partition coefficient (Wildman–Crippen LogP) is 5.11. The molecule has 1 aromatic carbocycles. The molecule has 0 spiro atoms. The number of esters is 1. The minimum Gasteiger partial charge on any atom is -0.462 e. The number of rotatable bonds is 8. The van der Waals surface area contributed by atoms with E-state index in [1.165, 1.54) is 5.56 Å². The Kier molecular flexibility index (Phi) is 7.47. The lowest BCUT2D eigenvalue weighted by atomic mass is 9.87. The zero-order valence-electron chi connectivity index (χ0n) is 16.2. The van der Waals surface area contributed by atoms with E-state index in [2.05, 4.69) is 27.7 Å². The normalized spacial score (nSPS) is 13.6. The molecule has 0 aliphatic heterocycles. The van der Waals surface area contributed by atoms with Crippen molar-refractivity contribution >= 4 is 5.97 Å². The predicted molar refractivity (Wildman–Crippen MR) is 99.4 cm³/mol. The Morgan fingerprint density at radius 2 is 1.67 bits per heavy atom. The maximum absolute atomic E-state index is 12.1. The van der Waals surface area contributed by atoms with Crippen molar-refractivity contribution in [1.29, 1.82) is 0 Å². The summed E-state index contributed by atoms with van der Waals surface area (Å²) in [5.41, 5.74) is 1.31. The lowest BCUT2D eigenvalue weighted by molar-refractivity contribution is 0.0479. The van der Waals surface area contributed by atoms with Crippen LogP contribution in [0.3, 0.4) is 0 Å². The van der Waals surface area contributed by atoms with Crippen LogP contribution >= 0.6 is 0 Å². The van der Waals surface area contributed by atoms with Crippen LogP contribution in [-0.2, 0) is 10.2 Å². The number of aliphatic hydroxyl groups is 1. The van der Waals surface area contributed by atoms with E-state index in [1.807, 2.05) is 38.1 Å². The van der Waals surface area contributed by atoms with Crippen LogP contribution in [0.2, 0.25) is 0 Å². The Morgan fingerprint density at radius 1 is 1.08 bits per heavy atom. The van der Waals surface area contributed by atoms with Gasteiger partial charge in [0.15, 0.2) is 0 Å². The van der Waals surface area contributed by atoms with Crippen LogP contribution in [-0.4, -0.2) is 23.3 Å². The molecule has 136 valence electrons. The van der Waals surface area contributed by atoms with Gasteiger partial charge in [0.2, 0.25) is 0 Å². The number of hydrogen-bond acceptors (Lipinski definition) is 3. The highest BCUT2D eigenvalue weighted by Gasteiger charge is 2.15. The Hall–Kier alpha value is -1.35. The van der Waals surface area contributed by atoms with Crippen molar-refractivity contribution in [3.05, 3.63) is 35.4 Å². The van der Waals surface area contributed by atoms with Gasteiger partial charge >= 0.3 is 5.97 Å². The molecule has 0 aliphatic carbocycles. The second-order valence-electron chi connectivity index (χ2n) is 8.56. The molecule has 0 bridgehead atoms. The van der Waals surface area contributed by atoms with Crippen molar-refractivity contribution in [1.82, 2.24) is 0 Å². The summed E-state index contributed by atoms with van der Waals surface area (Å²) >= 11 is 0. The molecule has 0 saturated heterocycles. The summed E-state index contributed by atoms with van der Waals surface area (Å²) in [5, 5.41) is 9.71. The quantitative estimate of drug-likeness (QED) is 0.672. The molecule has 1 unspecified atom stereocenters. The smallest absolute Gasteiger partial charge is 0.338 e. The van der Waals surface area contributed by atoms with Gasteiger partial charge in [0.1, 0.15) is 0 Å². The van der Waals surface area contributed by atoms with Crippen molar-refractivity contribution in [3.63, 3.8) is 0 Å². The lowest BCUT2D eigenvalue weighted by Crippen LogP contribution is -2.18. The molecule has 0 radical (unpaired) electrons. The summed E-state index contributed by atoms with van der Waals surface area (Å²) in [7, 11) is 0. The molecule has 1 N–H and O–H groups in total. The van der Waals surface area contributed by atoms with E-state index < -0.39 is 5.60 Å². The van der Waals surface area contributed by atoms with E-state index in [9.17, 15) is 9.90 Å². The van der Waals surface area contributed by atoms with Crippen molar-refractivity contribution in [2.45, 2.75) is 78.2 Å². The van der Waals surface area contributed by atoms with Crippen molar-refractivity contribution in [2.24, 2.45) is 5.92 Å². The zero-order valence-corrected chi connectivity index (χ0v) is 16.2. The maximum atomic E-state index is 12.1. The number of ether oxygens (including phenoxy) is 1. The molecular formula is C21H34O3. The van der Waals surface area contributed by atoms with Crippen LogP contribution in [0.1, 0.15) is 83.1 Å². The molecule has 1 aromatic rings. The fourth-order valence-electron chi connectivity index (χ4n) is 2.57. The van der Waals surface area contributed by atoms with Gasteiger partial charge in [-0.05, 0) is 55.7 Å². The number of hydrogen-bond donors (Lipinski definition) is 1. The Labute approximate surface area is 147 Å². The van der Waals surface area contributed by atoms with Crippen LogP contribution in [0.4, 0.5) is 0 Å². The van der Waals surface area contributed by atoms with Gasteiger partial charge in [-0.1, -0.05) is 52.7 Å². The van der Waals surface area contributed by atoms with Gasteiger partial charge in [-0.2, -0.15) is 0 Å². The molecule has 3 nitrogen and oxygen atoms in total. The highest BCUT2D eigenvalue weighted by atomic mass is 16.5. The van der Waals surface area contributed by atoms with Gasteiger partial charge in [0.25, 0.3) is 0 Å². The maximum Gasteiger partial charge on any atom is 0.338 e. The van der Waals surface area contributed by atoms with Gasteiger partial charge in [-0.25, -0.2) is 4.79 Å². The van der Waals surface area contributed by atoms with Gasteiger partial charge in [0, 0.05) is 0 Å². The summed E-state index contributed by atoms with van der Waals surface area (Å²) in [5.74, 6) is 0.238. The molecular weight excluding hydrogens is 300 g/mol.